The number of aliphatic carboxylic acids is 1. The number of nitro groups is 1. The maximum atomic E-state index is 12.1. The van der Waals surface area contributed by atoms with Gasteiger partial charge in [-0.1, -0.05) is 6.92 Å². The Morgan fingerprint density at radius 2 is 2.10 bits per heavy atom. The largest absolute Gasteiger partial charge is 0.490 e. The Morgan fingerprint density at radius 1 is 1.48 bits per heavy atom. The lowest BCUT2D eigenvalue weighted by Gasteiger charge is -2.19. The Labute approximate surface area is 121 Å². The van der Waals surface area contributed by atoms with E-state index in [-0.39, 0.29) is 23.5 Å². The Morgan fingerprint density at radius 3 is 2.57 bits per heavy atom. The highest BCUT2D eigenvalue weighted by atomic mass is 16.6. The number of carboxylic acids is 1. The van der Waals surface area contributed by atoms with E-state index in [9.17, 15) is 19.7 Å². The first-order chi connectivity index (χ1) is 9.77. The molecule has 8 nitrogen and oxygen atoms in total. The van der Waals surface area contributed by atoms with Gasteiger partial charge in [0.25, 0.3) is 5.91 Å². The van der Waals surface area contributed by atoms with Crippen molar-refractivity contribution in [2.45, 2.75) is 6.92 Å². The van der Waals surface area contributed by atoms with E-state index in [1.165, 1.54) is 38.1 Å². The van der Waals surface area contributed by atoms with Crippen LogP contribution in [0.1, 0.15) is 17.3 Å². The molecule has 0 aliphatic heterocycles. The molecule has 1 amide bonds. The molecule has 0 aromatic heterocycles. The summed E-state index contributed by atoms with van der Waals surface area (Å²) in [7, 11) is 2.74. The van der Waals surface area contributed by atoms with Gasteiger partial charge in [0.2, 0.25) is 0 Å². The van der Waals surface area contributed by atoms with Crippen LogP contribution in [0.4, 0.5) is 5.69 Å². The average molecular weight is 296 g/mol. The smallest absolute Gasteiger partial charge is 0.311 e. The zero-order chi connectivity index (χ0) is 16.2. The number of methoxy groups -OCH3 is 1. The van der Waals surface area contributed by atoms with Crippen molar-refractivity contribution in [2.75, 3.05) is 20.7 Å². The van der Waals surface area contributed by atoms with Crippen LogP contribution >= 0.6 is 0 Å². The van der Waals surface area contributed by atoms with Gasteiger partial charge in [-0.15, -0.1) is 0 Å². The van der Waals surface area contributed by atoms with Crippen LogP contribution in [0.25, 0.3) is 0 Å². The molecule has 0 aliphatic rings. The maximum absolute atomic E-state index is 12.1. The fourth-order valence-corrected chi connectivity index (χ4v) is 1.76. The van der Waals surface area contributed by atoms with Crippen LogP contribution < -0.4 is 4.74 Å². The molecule has 0 bridgehead atoms. The molecule has 8 heteroatoms. The number of nitro benzene ring substituents is 1. The van der Waals surface area contributed by atoms with Gasteiger partial charge in [-0.2, -0.15) is 0 Å². The van der Waals surface area contributed by atoms with Crippen molar-refractivity contribution in [1.29, 1.82) is 0 Å². The second-order valence-corrected chi connectivity index (χ2v) is 4.57. The van der Waals surface area contributed by atoms with Crippen LogP contribution in [-0.4, -0.2) is 47.5 Å². The zero-order valence-electron chi connectivity index (χ0n) is 11.9. The van der Waals surface area contributed by atoms with Gasteiger partial charge >= 0.3 is 11.7 Å². The molecule has 0 radical (unpaired) electrons. The van der Waals surface area contributed by atoms with E-state index in [0.717, 1.165) is 6.07 Å². The van der Waals surface area contributed by atoms with Gasteiger partial charge in [-0.05, 0) is 12.1 Å². The van der Waals surface area contributed by atoms with Crippen molar-refractivity contribution in [3.63, 3.8) is 0 Å². The zero-order valence-corrected chi connectivity index (χ0v) is 11.9. The summed E-state index contributed by atoms with van der Waals surface area (Å²) in [6.45, 7) is 1.48. The number of ether oxygens (including phenoxy) is 1. The fourth-order valence-electron chi connectivity index (χ4n) is 1.76. The minimum absolute atomic E-state index is 0.00793. The van der Waals surface area contributed by atoms with E-state index in [1.54, 1.807) is 0 Å². The monoisotopic (exact) mass is 296 g/mol. The lowest BCUT2D eigenvalue weighted by molar-refractivity contribution is -0.385. The number of carbonyl (C=O) groups excluding carboxylic acids is 1. The quantitative estimate of drug-likeness (QED) is 0.627. The second-order valence-electron chi connectivity index (χ2n) is 4.57. The van der Waals surface area contributed by atoms with Gasteiger partial charge in [0.05, 0.1) is 18.0 Å². The molecule has 1 rings (SSSR count). The summed E-state index contributed by atoms with van der Waals surface area (Å²) in [6.07, 6.45) is 0. The predicted octanol–water partition coefficient (Wildman–Crippen LogP) is 1.40. The minimum atomic E-state index is -1.02. The molecule has 0 heterocycles. The molecule has 1 aromatic rings. The van der Waals surface area contributed by atoms with Crippen molar-refractivity contribution in [3.05, 3.63) is 33.9 Å². The van der Waals surface area contributed by atoms with E-state index in [4.69, 9.17) is 9.84 Å². The normalized spacial score (nSPS) is 11.6. The Bertz CT molecular complexity index is 572. The predicted molar refractivity (Wildman–Crippen MR) is 73.4 cm³/mol. The summed E-state index contributed by atoms with van der Waals surface area (Å²) in [6, 6.07) is 3.85. The summed E-state index contributed by atoms with van der Waals surface area (Å²) >= 11 is 0. The van der Waals surface area contributed by atoms with Crippen molar-refractivity contribution in [1.82, 2.24) is 4.90 Å². The van der Waals surface area contributed by atoms with Crippen LogP contribution in [0, 0.1) is 16.0 Å². The van der Waals surface area contributed by atoms with Crippen LogP contribution in [0.2, 0.25) is 0 Å². The van der Waals surface area contributed by atoms with Crippen molar-refractivity contribution in [3.8, 4) is 5.75 Å². The first-order valence-corrected chi connectivity index (χ1v) is 6.08. The van der Waals surface area contributed by atoms with Gasteiger partial charge in [0.1, 0.15) is 0 Å². The molecule has 1 atom stereocenters. The van der Waals surface area contributed by atoms with E-state index in [0.29, 0.717) is 0 Å². The highest BCUT2D eigenvalue weighted by Gasteiger charge is 2.22. The average Bonchev–Trinajstić information content (AvgIpc) is 2.45. The molecule has 0 fully saturated rings. The molecule has 0 saturated heterocycles. The highest BCUT2D eigenvalue weighted by molar-refractivity contribution is 5.95. The summed E-state index contributed by atoms with van der Waals surface area (Å²) in [5, 5.41) is 19.7. The minimum Gasteiger partial charge on any atom is -0.490 e. The van der Waals surface area contributed by atoms with E-state index in [1.807, 2.05) is 0 Å². The third-order valence-corrected chi connectivity index (χ3v) is 2.94. The van der Waals surface area contributed by atoms with Gasteiger partial charge in [-0.3, -0.25) is 19.7 Å². The third kappa shape index (κ3) is 3.91. The van der Waals surface area contributed by atoms with E-state index in [2.05, 4.69) is 0 Å². The summed E-state index contributed by atoms with van der Waals surface area (Å²) < 4.78 is 4.85. The summed E-state index contributed by atoms with van der Waals surface area (Å²) in [5.41, 5.74) is -0.217. The molecular formula is C13H16N2O6. The topological polar surface area (TPSA) is 110 Å². The number of carbonyl (C=O) groups is 2. The molecule has 114 valence electrons. The molecule has 0 aliphatic carbocycles. The van der Waals surface area contributed by atoms with Crippen molar-refractivity contribution >= 4 is 17.6 Å². The van der Waals surface area contributed by atoms with Gasteiger partial charge in [0, 0.05) is 25.2 Å². The highest BCUT2D eigenvalue weighted by Crippen LogP contribution is 2.27. The lowest BCUT2D eigenvalue weighted by atomic mass is 10.1. The fraction of sp³-hybridized carbons (Fsp3) is 0.385. The van der Waals surface area contributed by atoms with Gasteiger partial charge in [-0.25, -0.2) is 0 Å². The first-order valence-electron chi connectivity index (χ1n) is 6.08. The molecule has 1 unspecified atom stereocenters. The second kappa shape index (κ2) is 6.69. The summed E-state index contributed by atoms with van der Waals surface area (Å²) in [5.74, 6) is -2.19. The number of hydrogen-bond donors (Lipinski definition) is 1. The van der Waals surface area contributed by atoms with Gasteiger partial charge in [0.15, 0.2) is 5.75 Å². The Kier molecular flexibility index (Phi) is 5.23. The lowest BCUT2D eigenvalue weighted by Crippen LogP contribution is -2.33. The van der Waals surface area contributed by atoms with E-state index >= 15 is 0 Å². The van der Waals surface area contributed by atoms with Crippen LogP contribution in [0.5, 0.6) is 5.75 Å². The number of amides is 1. The molecule has 21 heavy (non-hydrogen) atoms. The number of nitrogens with zero attached hydrogens (tertiary/aromatic N) is 2. The van der Waals surface area contributed by atoms with Crippen molar-refractivity contribution in [2.24, 2.45) is 5.92 Å². The molecule has 0 saturated carbocycles. The van der Waals surface area contributed by atoms with Gasteiger partial charge < -0.3 is 14.7 Å². The number of hydrogen-bond acceptors (Lipinski definition) is 5. The standard InChI is InChI=1S/C13H16N2O6/c1-8(13(17)18)7-14(2)12(16)9-4-5-11(21-3)10(6-9)15(19)20/h4-6,8H,7H2,1-3H3,(H,17,18). The molecule has 1 N–H and O–H groups in total. The Balaban J connectivity index is 3.00. The maximum Gasteiger partial charge on any atom is 0.311 e. The third-order valence-electron chi connectivity index (χ3n) is 2.94. The SMILES string of the molecule is COc1ccc(C(=O)N(C)CC(C)C(=O)O)cc1[N+](=O)[O-]. The Hall–Kier alpha value is -2.64. The van der Waals surface area contributed by atoms with Crippen LogP contribution in [0.3, 0.4) is 0 Å². The first kappa shape index (κ1) is 16.4. The van der Waals surface area contributed by atoms with Crippen molar-refractivity contribution < 1.29 is 24.4 Å². The molecular weight excluding hydrogens is 280 g/mol. The number of carboxylic acid groups (broad SMARTS) is 1. The molecule has 0 spiro atoms. The molecule has 1 aromatic carbocycles. The summed E-state index contributed by atoms with van der Waals surface area (Å²) in [4.78, 5) is 34.4. The van der Waals surface area contributed by atoms with E-state index < -0.39 is 22.7 Å². The number of rotatable bonds is 6. The number of benzene rings is 1. The van der Waals surface area contributed by atoms with Crippen LogP contribution in [0.15, 0.2) is 18.2 Å². The van der Waals surface area contributed by atoms with Crippen LogP contribution in [-0.2, 0) is 4.79 Å².